The first kappa shape index (κ1) is 10.2. The van der Waals surface area contributed by atoms with Crippen molar-refractivity contribution < 1.29 is 9.15 Å². The van der Waals surface area contributed by atoms with E-state index in [1.165, 1.54) is 0 Å². The Balaban J connectivity index is 2.05. The standard InChI is InChI=1S/C13H13ClO2/c14-7-9-5-6-15-13(9)11-8-16-12-4-2-1-3-10(11)12/h1-4,8-9,13H,5-7H2. The van der Waals surface area contributed by atoms with Crippen molar-refractivity contribution in [3.05, 3.63) is 36.1 Å². The maximum Gasteiger partial charge on any atom is 0.134 e. The lowest BCUT2D eigenvalue weighted by Crippen LogP contribution is -2.08. The third-order valence-corrected chi connectivity index (χ3v) is 3.63. The van der Waals surface area contributed by atoms with Gasteiger partial charge in [0.25, 0.3) is 0 Å². The van der Waals surface area contributed by atoms with Crippen LogP contribution in [0.3, 0.4) is 0 Å². The van der Waals surface area contributed by atoms with Crippen molar-refractivity contribution in [3.63, 3.8) is 0 Å². The molecule has 2 unspecified atom stereocenters. The molecule has 0 spiro atoms. The Morgan fingerprint density at radius 1 is 1.31 bits per heavy atom. The maximum atomic E-state index is 5.96. The Morgan fingerprint density at radius 2 is 2.19 bits per heavy atom. The van der Waals surface area contributed by atoms with E-state index in [-0.39, 0.29) is 6.10 Å². The monoisotopic (exact) mass is 236 g/mol. The number of furan rings is 1. The summed E-state index contributed by atoms with van der Waals surface area (Å²) >= 11 is 5.96. The van der Waals surface area contributed by atoms with Crippen LogP contribution in [0.4, 0.5) is 0 Å². The summed E-state index contributed by atoms with van der Waals surface area (Å²) in [6.45, 7) is 0.793. The second-order valence-corrected chi connectivity index (χ2v) is 4.49. The van der Waals surface area contributed by atoms with Gasteiger partial charge in [0.15, 0.2) is 0 Å². The zero-order valence-corrected chi connectivity index (χ0v) is 9.61. The van der Waals surface area contributed by atoms with Gasteiger partial charge in [-0.1, -0.05) is 18.2 Å². The maximum absolute atomic E-state index is 5.96. The number of fused-ring (bicyclic) bond motifs is 1. The lowest BCUT2D eigenvalue weighted by atomic mass is 9.97. The molecule has 2 nitrogen and oxygen atoms in total. The van der Waals surface area contributed by atoms with E-state index < -0.39 is 0 Å². The van der Waals surface area contributed by atoms with Crippen LogP contribution in [-0.4, -0.2) is 12.5 Å². The fraction of sp³-hybridized carbons (Fsp3) is 0.385. The SMILES string of the molecule is ClCC1CCOC1c1coc2ccccc12. The van der Waals surface area contributed by atoms with Gasteiger partial charge in [0.05, 0.1) is 12.4 Å². The summed E-state index contributed by atoms with van der Waals surface area (Å²) in [6.07, 6.45) is 2.94. The van der Waals surface area contributed by atoms with Gasteiger partial charge in [0.2, 0.25) is 0 Å². The summed E-state index contributed by atoms with van der Waals surface area (Å²) in [6, 6.07) is 8.04. The second-order valence-electron chi connectivity index (χ2n) is 4.18. The zero-order valence-electron chi connectivity index (χ0n) is 8.86. The van der Waals surface area contributed by atoms with Gasteiger partial charge in [0, 0.05) is 29.4 Å². The lowest BCUT2D eigenvalue weighted by Gasteiger charge is -2.14. The van der Waals surface area contributed by atoms with E-state index in [1.54, 1.807) is 6.26 Å². The lowest BCUT2D eigenvalue weighted by molar-refractivity contribution is 0.0956. The van der Waals surface area contributed by atoms with Crippen molar-refractivity contribution in [2.75, 3.05) is 12.5 Å². The van der Waals surface area contributed by atoms with Crippen LogP contribution in [0.15, 0.2) is 34.9 Å². The Labute approximate surface area is 99.1 Å². The second kappa shape index (κ2) is 4.11. The predicted molar refractivity (Wildman–Crippen MR) is 63.7 cm³/mol. The van der Waals surface area contributed by atoms with E-state index in [9.17, 15) is 0 Å². The Morgan fingerprint density at radius 3 is 3.06 bits per heavy atom. The molecule has 84 valence electrons. The first-order chi connectivity index (χ1) is 7.90. The molecule has 0 saturated carbocycles. The molecule has 1 saturated heterocycles. The van der Waals surface area contributed by atoms with Gasteiger partial charge < -0.3 is 9.15 Å². The molecular weight excluding hydrogens is 224 g/mol. The van der Waals surface area contributed by atoms with Crippen LogP contribution in [0.5, 0.6) is 0 Å². The summed E-state index contributed by atoms with van der Waals surface area (Å²) in [5, 5.41) is 1.14. The Hall–Kier alpha value is -0.990. The number of rotatable bonds is 2. The molecular formula is C13H13ClO2. The van der Waals surface area contributed by atoms with Crippen LogP contribution in [0, 0.1) is 5.92 Å². The number of hydrogen-bond donors (Lipinski definition) is 0. The fourth-order valence-corrected chi connectivity index (χ4v) is 2.67. The predicted octanol–water partition coefficient (Wildman–Crippen LogP) is 3.75. The van der Waals surface area contributed by atoms with Gasteiger partial charge in [-0.2, -0.15) is 0 Å². The van der Waals surface area contributed by atoms with Gasteiger partial charge in [0.1, 0.15) is 5.58 Å². The molecule has 0 N–H and O–H groups in total. The largest absolute Gasteiger partial charge is 0.464 e. The zero-order chi connectivity index (χ0) is 11.0. The van der Waals surface area contributed by atoms with Crippen LogP contribution in [0.25, 0.3) is 11.0 Å². The van der Waals surface area contributed by atoms with E-state index in [0.717, 1.165) is 29.6 Å². The highest BCUT2D eigenvalue weighted by Gasteiger charge is 2.31. The number of alkyl halides is 1. The fourth-order valence-electron chi connectivity index (χ4n) is 2.35. The molecule has 2 heterocycles. The van der Waals surface area contributed by atoms with E-state index in [1.807, 2.05) is 18.2 Å². The van der Waals surface area contributed by atoms with Crippen LogP contribution >= 0.6 is 11.6 Å². The van der Waals surface area contributed by atoms with Crippen molar-refractivity contribution >= 4 is 22.6 Å². The highest BCUT2D eigenvalue weighted by Crippen LogP contribution is 2.39. The molecule has 3 rings (SSSR count). The highest BCUT2D eigenvalue weighted by molar-refractivity contribution is 6.18. The van der Waals surface area contributed by atoms with Gasteiger partial charge >= 0.3 is 0 Å². The topological polar surface area (TPSA) is 22.4 Å². The minimum absolute atomic E-state index is 0.0983. The van der Waals surface area contributed by atoms with Crippen LogP contribution in [0.1, 0.15) is 18.1 Å². The van der Waals surface area contributed by atoms with E-state index in [0.29, 0.717) is 11.8 Å². The molecule has 0 bridgehead atoms. The summed E-state index contributed by atoms with van der Waals surface area (Å²) in [7, 11) is 0. The van der Waals surface area contributed by atoms with Crippen molar-refractivity contribution in [2.45, 2.75) is 12.5 Å². The number of hydrogen-bond acceptors (Lipinski definition) is 2. The van der Waals surface area contributed by atoms with E-state index in [2.05, 4.69) is 6.07 Å². The minimum Gasteiger partial charge on any atom is -0.464 e. The molecule has 0 amide bonds. The van der Waals surface area contributed by atoms with Crippen molar-refractivity contribution in [3.8, 4) is 0 Å². The summed E-state index contributed by atoms with van der Waals surface area (Å²) in [4.78, 5) is 0. The normalized spacial score (nSPS) is 25.3. The quantitative estimate of drug-likeness (QED) is 0.741. The molecule has 1 aromatic heterocycles. The summed E-state index contributed by atoms with van der Waals surface area (Å²) in [5.74, 6) is 1.05. The third kappa shape index (κ3) is 1.53. The van der Waals surface area contributed by atoms with Gasteiger partial charge in [-0.15, -0.1) is 11.6 Å². The van der Waals surface area contributed by atoms with Crippen molar-refractivity contribution in [1.29, 1.82) is 0 Å². The van der Waals surface area contributed by atoms with E-state index in [4.69, 9.17) is 20.8 Å². The van der Waals surface area contributed by atoms with Crippen LogP contribution in [0.2, 0.25) is 0 Å². The van der Waals surface area contributed by atoms with E-state index >= 15 is 0 Å². The average molecular weight is 237 g/mol. The number of benzene rings is 1. The molecule has 1 aliphatic rings. The molecule has 1 aromatic carbocycles. The third-order valence-electron chi connectivity index (χ3n) is 3.23. The summed E-state index contributed by atoms with van der Waals surface area (Å²) < 4.78 is 11.3. The van der Waals surface area contributed by atoms with Gasteiger partial charge in [-0.05, 0) is 12.5 Å². The van der Waals surface area contributed by atoms with Crippen molar-refractivity contribution in [1.82, 2.24) is 0 Å². The Bertz CT molecular complexity index is 491. The molecule has 0 radical (unpaired) electrons. The summed E-state index contributed by atoms with van der Waals surface area (Å²) in [5.41, 5.74) is 2.06. The molecule has 3 heteroatoms. The van der Waals surface area contributed by atoms with Crippen LogP contribution in [-0.2, 0) is 4.74 Å². The number of ether oxygens (including phenoxy) is 1. The smallest absolute Gasteiger partial charge is 0.134 e. The molecule has 2 atom stereocenters. The first-order valence-electron chi connectivity index (χ1n) is 5.54. The molecule has 1 fully saturated rings. The first-order valence-corrected chi connectivity index (χ1v) is 6.07. The minimum atomic E-state index is 0.0983. The molecule has 2 aromatic rings. The number of para-hydroxylation sites is 1. The average Bonchev–Trinajstić information content (AvgIpc) is 2.94. The Kier molecular flexibility index (Phi) is 2.62. The van der Waals surface area contributed by atoms with Crippen LogP contribution < -0.4 is 0 Å². The molecule has 1 aliphatic heterocycles. The van der Waals surface area contributed by atoms with Gasteiger partial charge in [-0.25, -0.2) is 0 Å². The number of halogens is 1. The highest BCUT2D eigenvalue weighted by atomic mass is 35.5. The molecule has 0 aliphatic carbocycles. The van der Waals surface area contributed by atoms with Crippen molar-refractivity contribution in [2.24, 2.45) is 5.92 Å². The van der Waals surface area contributed by atoms with Gasteiger partial charge in [-0.3, -0.25) is 0 Å². The molecule has 16 heavy (non-hydrogen) atoms.